The zero-order valence-corrected chi connectivity index (χ0v) is 11.5. The highest BCUT2D eigenvalue weighted by Crippen LogP contribution is 2.38. The number of nitrogens with zero attached hydrogens (tertiary/aromatic N) is 1. The van der Waals surface area contributed by atoms with E-state index in [1.165, 1.54) is 24.2 Å². The van der Waals surface area contributed by atoms with Gasteiger partial charge in [-0.15, -0.1) is 11.8 Å². The molecule has 1 aliphatic carbocycles. The number of thioether (sulfide) groups is 1. The summed E-state index contributed by atoms with van der Waals surface area (Å²) in [6.45, 7) is 5.77. The molecule has 0 aromatic carbocycles. The van der Waals surface area contributed by atoms with E-state index in [0.29, 0.717) is 6.04 Å². The van der Waals surface area contributed by atoms with E-state index in [9.17, 15) is 0 Å². The highest BCUT2D eigenvalue weighted by molar-refractivity contribution is 8.00. The van der Waals surface area contributed by atoms with Crippen LogP contribution in [0, 0.1) is 5.92 Å². The molecule has 0 aliphatic heterocycles. The standard InChI is InChI=1S/C14H22N2S/c1-3-8-16-13-4-5-14(11(13)2)17-12-6-9-15-10-7-12/h6-7,9-11,13-14,16H,3-5,8H2,1-2H3. The Bertz CT molecular complexity index is 328. The zero-order chi connectivity index (χ0) is 12.1. The lowest BCUT2D eigenvalue weighted by atomic mass is 10.1. The van der Waals surface area contributed by atoms with Crippen LogP contribution in [0.25, 0.3) is 0 Å². The van der Waals surface area contributed by atoms with Gasteiger partial charge in [0.15, 0.2) is 0 Å². The lowest BCUT2D eigenvalue weighted by Crippen LogP contribution is -2.33. The van der Waals surface area contributed by atoms with Gasteiger partial charge < -0.3 is 5.32 Å². The van der Waals surface area contributed by atoms with Gasteiger partial charge in [0.05, 0.1) is 0 Å². The molecule has 94 valence electrons. The zero-order valence-electron chi connectivity index (χ0n) is 10.7. The molecule has 0 spiro atoms. The second-order valence-electron chi connectivity index (χ2n) is 4.84. The van der Waals surface area contributed by atoms with E-state index in [1.807, 2.05) is 24.2 Å². The predicted octanol–water partition coefficient (Wildman–Crippen LogP) is 3.34. The maximum atomic E-state index is 4.07. The van der Waals surface area contributed by atoms with Gasteiger partial charge in [-0.3, -0.25) is 4.98 Å². The molecular weight excluding hydrogens is 228 g/mol. The fourth-order valence-corrected chi connectivity index (χ4v) is 3.79. The Morgan fingerprint density at radius 3 is 2.82 bits per heavy atom. The molecule has 2 nitrogen and oxygen atoms in total. The molecule has 3 heteroatoms. The van der Waals surface area contributed by atoms with Gasteiger partial charge in [-0.2, -0.15) is 0 Å². The molecule has 1 N–H and O–H groups in total. The topological polar surface area (TPSA) is 24.9 Å². The summed E-state index contributed by atoms with van der Waals surface area (Å²) in [5.41, 5.74) is 0. The Balaban J connectivity index is 1.87. The van der Waals surface area contributed by atoms with E-state index in [0.717, 1.165) is 17.7 Å². The number of hydrogen-bond acceptors (Lipinski definition) is 3. The van der Waals surface area contributed by atoms with Crippen molar-refractivity contribution in [1.82, 2.24) is 10.3 Å². The third kappa shape index (κ3) is 3.46. The monoisotopic (exact) mass is 250 g/mol. The second-order valence-corrected chi connectivity index (χ2v) is 6.15. The summed E-state index contributed by atoms with van der Waals surface area (Å²) in [6.07, 6.45) is 7.65. The summed E-state index contributed by atoms with van der Waals surface area (Å²) in [7, 11) is 0. The number of hydrogen-bond donors (Lipinski definition) is 1. The number of nitrogens with one attached hydrogen (secondary N) is 1. The third-order valence-electron chi connectivity index (χ3n) is 3.58. The van der Waals surface area contributed by atoms with Crippen molar-refractivity contribution in [2.45, 2.75) is 49.3 Å². The van der Waals surface area contributed by atoms with Crippen LogP contribution in [0.4, 0.5) is 0 Å². The highest BCUT2D eigenvalue weighted by Gasteiger charge is 2.32. The molecular formula is C14H22N2S. The smallest absolute Gasteiger partial charge is 0.0278 e. The second kappa shape index (κ2) is 6.41. The summed E-state index contributed by atoms with van der Waals surface area (Å²) >= 11 is 2.02. The summed E-state index contributed by atoms with van der Waals surface area (Å²) < 4.78 is 0. The van der Waals surface area contributed by atoms with Gasteiger partial charge in [0.1, 0.15) is 0 Å². The molecule has 3 atom stereocenters. The maximum Gasteiger partial charge on any atom is 0.0278 e. The minimum Gasteiger partial charge on any atom is -0.314 e. The van der Waals surface area contributed by atoms with E-state index < -0.39 is 0 Å². The average molecular weight is 250 g/mol. The molecule has 0 radical (unpaired) electrons. The molecule has 2 rings (SSSR count). The van der Waals surface area contributed by atoms with E-state index >= 15 is 0 Å². The fraction of sp³-hybridized carbons (Fsp3) is 0.643. The minimum absolute atomic E-state index is 0.717. The van der Waals surface area contributed by atoms with Gasteiger partial charge in [-0.05, 0) is 43.9 Å². The average Bonchev–Trinajstić information content (AvgIpc) is 2.70. The molecule has 1 saturated carbocycles. The summed E-state index contributed by atoms with van der Waals surface area (Å²) in [5.74, 6) is 0.764. The Labute approximate surface area is 109 Å². The Kier molecular flexibility index (Phi) is 4.86. The Hall–Kier alpha value is -0.540. The van der Waals surface area contributed by atoms with Gasteiger partial charge in [0.25, 0.3) is 0 Å². The minimum atomic E-state index is 0.717. The predicted molar refractivity (Wildman–Crippen MR) is 74.4 cm³/mol. The first kappa shape index (κ1) is 12.9. The molecule has 0 saturated heterocycles. The first-order valence-corrected chi connectivity index (χ1v) is 7.49. The van der Waals surface area contributed by atoms with Gasteiger partial charge in [0.2, 0.25) is 0 Å². The Morgan fingerprint density at radius 2 is 2.12 bits per heavy atom. The van der Waals surface area contributed by atoms with Crippen LogP contribution in [0.2, 0.25) is 0 Å². The molecule has 1 fully saturated rings. The van der Waals surface area contributed by atoms with Crippen LogP contribution in [0.5, 0.6) is 0 Å². The van der Waals surface area contributed by atoms with Crippen LogP contribution < -0.4 is 5.32 Å². The first-order chi connectivity index (χ1) is 8.31. The molecule has 1 heterocycles. The first-order valence-electron chi connectivity index (χ1n) is 6.61. The number of rotatable bonds is 5. The van der Waals surface area contributed by atoms with Crippen LogP contribution in [0.15, 0.2) is 29.4 Å². The van der Waals surface area contributed by atoms with E-state index in [1.54, 1.807) is 0 Å². The van der Waals surface area contributed by atoms with Crippen molar-refractivity contribution in [3.8, 4) is 0 Å². The lowest BCUT2D eigenvalue weighted by molar-refractivity contribution is 0.432. The van der Waals surface area contributed by atoms with Crippen molar-refractivity contribution in [2.24, 2.45) is 5.92 Å². The molecule has 0 amide bonds. The van der Waals surface area contributed by atoms with Crippen LogP contribution in [0.1, 0.15) is 33.1 Å². The molecule has 17 heavy (non-hydrogen) atoms. The highest BCUT2D eigenvalue weighted by atomic mass is 32.2. The molecule has 1 aliphatic rings. The molecule has 3 unspecified atom stereocenters. The SMILES string of the molecule is CCCNC1CCC(Sc2ccncc2)C1C. The van der Waals surface area contributed by atoms with E-state index in [-0.39, 0.29) is 0 Å². The molecule has 0 bridgehead atoms. The largest absolute Gasteiger partial charge is 0.314 e. The van der Waals surface area contributed by atoms with Crippen LogP contribution >= 0.6 is 11.8 Å². The summed E-state index contributed by atoms with van der Waals surface area (Å²) in [4.78, 5) is 5.42. The van der Waals surface area contributed by atoms with Crippen molar-refractivity contribution >= 4 is 11.8 Å². The Morgan fingerprint density at radius 1 is 1.35 bits per heavy atom. The molecule has 1 aromatic rings. The van der Waals surface area contributed by atoms with Gasteiger partial charge >= 0.3 is 0 Å². The van der Waals surface area contributed by atoms with Crippen molar-refractivity contribution in [3.05, 3.63) is 24.5 Å². The maximum absolute atomic E-state index is 4.07. The van der Waals surface area contributed by atoms with Crippen LogP contribution in [-0.4, -0.2) is 22.8 Å². The fourth-order valence-electron chi connectivity index (χ4n) is 2.50. The van der Waals surface area contributed by atoms with Gasteiger partial charge in [0, 0.05) is 28.6 Å². The van der Waals surface area contributed by atoms with Crippen LogP contribution in [0.3, 0.4) is 0 Å². The van der Waals surface area contributed by atoms with Crippen LogP contribution in [-0.2, 0) is 0 Å². The van der Waals surface area contributed by atoms with Crippen molar-refractivity contribution in [1.29, 1.82) is 0 Å². The van der Waals surface area contributed by atoms with Gasteiger partial charge in [-0.25, -0.2) is 0 Å². The molecule has 1 aromatic heterocycles. The normalized spacial score (nSPS) is 28.5. The van der Waals surface area contributed by atoms with E-state index in [2.05, 4.69) is 36.3 Å². The lowest BCUT2D eigenvalue weighted by Gasteiger charge is -2.21. The third-order valence-corrected chi connectivity index (χ3v) is 5.09. The van der Waals surface area contributed by atoms with E-state index in [4.69, 9.17) is 0 Å². The van der Waals surface area contributed by atoms with Crippen molar-refractivity contribution in [2.75, 3.05) is 6.54 Å². The quantitative estimate of drug-likeness (QED) is 0.867. The van der Waals surface area contributed by atoms with Crippen molar-refractivity contribution in [3.63, 3.8) is 0 Å². The number of pyridine rings is 1. The summed E-state index contributed by atoms with van der Waals surface area (Å²) in [6, 6.07) is 4.95. The number of aromatic nitrogens is 1. The van der Waals surface area contributed by atoms with Crippen molar-refractivity contribution < 1.29 is 0 Å². The summed E-state index contributed by atoms with van der Waals surface area (Å²) in [5, 5.41) is 4.43. The van der Waals surface area contributed by atoms with Gasteiger partial charge in [-0.1, -0.05) is 13.8 Å².